The van der Waals surface area contributed by atoms with Crippen molar-refractivity contribution in [1.29, 1.82) is 0 Å². The zero-order valence-corrected chi connectivity index (χ0v) is 15.6. The molecule has 3 aliphatic rings. The Morgan fingerprint density at radius 2 is 1.80 bits per heavy atom. The number of amides is 2. The van der Waals surface area contributed by atoms with E-state index in [1.165, 1.54) is 32.1 Å². The number of piperidine rings is 1. The molecule has 0 spiro atoms. The highest BCUT2D eigenvalue weighted by atomic mass is 16.2. The largest absolute Gasteiger partial charge is 0.354 e. The maximum atomic E-state index is 12.5. The van der Waals surface area contributed by atoms with Gasteiger partial charge in [0.1, 0.15) is 0 Å². The third-order valence-corrected chi connectivity index (χ3v) is 6.29. The average molecular weight is 350 g/mol. The standard InChI is InChI=1S/C20H35N3O2/c24-19(11-3-8-16-6-1-2-7-16)23-13-5-9-17(15-23)14-22-20(25)18-10-4-12-21-18/h16-18,21H,1-15H2,(H,22,25). The fraction of sp³-hybridized carbons (Fsp3) is 0.900. The normalized spacial score (nSPS) is 27.6. The molecule has 5 heteroatoms. The molecule has 0 aromatic rings. The van der Waals surface area contributed by atoms with E-state index in [2.05, 4.69) is 10.6 Å². The van der Waals surface area contributed by atoms with Gasteiger partial charge in [0.25, 0.3) is 0 Å². The number of nitrogens with zero attached hydrogens (tertiary/aromatic N) is 1. The quantitative estimate of drug-likeness (QED) is 0.742. The van der Waals surface area contributed by atoms with Crippen LogP contribution in [0.3, 0.4) is 0 Å². The molecule has 1 aliphatic carbocycles. The molecule has 2 amide bonds. The van der Waals surface area contributed by atoms with E-state index in [9.17, 15) is 9.59 Å². The molecule has 2 N–H and O–H groups in total. The van der Waals surface area contributed by atoms with Gasteiger partial charge in [0.05, 0.1) is 6.04 Å². The van der Waals surface area contributed by atoms with Crippen molar-refractivity contribution in [3.63, 3.8) is 0 Å². The molecule has 3 rings (SSSR count). The van der Waals surface area contributed by atoms with Crippen LogP contribution in [0.15, 0.2) is 0 Å². The molecule has 3 fully saturated rings. The zero-order valence-electron chi connectivity index (χ0n) is 15.6. The first-order chi connectivity index (χ1) is 12.2. The van der Waals surface area contributed by atoms with Crippen LogP contribution in [0.1, 0.15) is 70.6 Å². The van der Waals surface area contributed by atoms with E-state index in [1.807, 2.05) is 4.90 Å². The summed E-state index contributed by atoms with van der Waals surface area (Å²) in [6.07, 6.45) is 12.7. The molecule has 0 radical (unpaired) electrons. The molecular formula is C20H35N3O2. The van der Waals surface area contributed by atoms with Gasteiger partial charge in [0.2, 0.25) is 11.8 Å². The topological polar surface area (TPSA) is 61.4 Å². The number of hydrogen-bond acceptors (Lipinski definition) is 3. The first-order valence-electron chi connectivity index (χ1n) is 10.5. The zero-order chi connectivity index (χ0) is 17.5. The van der Waals surface area contributed by atoms with Crippen LogP contribution in [0.25, 0.3) is 0 Å². The lowest BCUT2D eigenvalue weighted by Gasteiger charge is -2.33. The van der Waals surface area contributed by atoms with Crippen molar-refractivity contribution >= 4 is 11.8 Å². The number of rotatable bonds is 7. The number of carbonyl (C=O) groups is 2. The van der Waals surface area contributed by atoms with Crippen molar-refractivity contribution in [3.05, 3.63) is 0 Å². The van der Waals surface area contributed by atoms with Gasteiger partial charge in [-0.25, -0.2) is 0 Å². The van der Waals surface area contributed by atoms with E-state index in [0.29, 0.717) is 24.8 Å². The van der Waals surface area contributed by atoms with E-state index >= 15 is 0 Å². The second-order valence-corrected chi connectivity index (χ2v) is 8.28. The molecule has 2 atom stereocenters. The van der Waals surface area contributed by atoms with Crippen LogP contribution in [0.5, 0.6) is 0 Å². The molecule has 2 unspecified atom stereocenters. The Bertz CT molecular complexity index is 442. The molecule has 0 aromatic heterocycles. The van der Waals surface area contributed by atoms with Crippen LogP contribution < -0.4 is 10.6 Å². The highest BCUT2D eigenvalue weighted by Crippen LogP contribution is 2.29. The maximum absolute atomic E-state index is 12.5. The number of nitrogens with one attached hydrogen (secondary N) is 2. The van der Waals surface area contributed by atoms with E-state index in [0.717, 1.165) is 57.7 Å². The number of carbonyl (C=O) groups excluding carboxylic acids is 2. The van der Waals surface area contributed by atoms with Gasteiger partial charge in [-0.1, -0.05) is 25.7 Å². The minimum absolute atomic E-state index is 0.00286. The van der Waals surface area contributed by atoms with Gasteiger partial charge in [0.15, 0.2) is 0 Å². The Balaban J connectivity index is 1.33. The first kappa shape index (κ1) is 18.7. The second-order valence-electron chi connectivity index (χ2n) is 8.28. The third-order valence-electron chi connectivity index (χ3n) is 6.29. The predicted octanol–water partition coefficient (Wildman–Crippen LogP) is 2.45. The lowest BCUT2D eigenvalue weighted by atomic mass is 9.96. The summed E-state index contributed by atoms with van der Waals surface area (Å²) < 4.78 is 0. The summed E-state index contributed by atoms with van der Waals surface area (Å²) in [5.74, 6) is 1.75. The monoisotopic (exact) mass is 349 g/mol. The third kappa shape index (κ3) is 5.70. The van der Waals surface area contributed by atoms with Crippen molar-refractivity contribution < 1.29 is 9.59 Å². The Morgan fingerprint density at radius 1 is 1.00 bits per heavy atom. The highest BCUT2D eigenvalue weighted by Gasteiger charge is 2.26. The molecule has 5 nitrogen and oxygen atoms in total. The predicted molar refractivity (Wildman–Crippen MR) is 99.1 cm³/mol. The average Bonchev–Trinajstić information content (AvgIpc) is 3.33. The van der Waals surface area contributed by atoms with Crippen molar-refractivity contribution in [1.82, 2.24) is 15.5 Å². The Labute approximate surface area is 152 Å². The van der Waals surface area contributed by atoms with E-state index < -0.39 is 0 Å². The van der Waals surface area contributed by atoms with Gasteiger partial charge in [-0.3, -0.25) is 9.59 Å². The molecule has 2 heterocycles. The molecule has 1 saturated carbocycles. The van der Waals surface area contributed by atoms with Crippen LogP contribution in [0, 0.1) is 11.8 Å². The van der Waals surface area contributed by atoms with Gasteiger partial charge in [-0.05, 0) is 56.9 Å². The number of hydrogen-bond donors (Lipinski definition) is 2. The Kier molecular flexibility index (Phi) is 7.14. The summed E-state index contributed by atoms with van der Waals surface area (Å²) in [7, 11) is 0. The molecule has 25 heavy (non-hydrogen) atoms. The Morgan fingerprint density at radius 3 is 2.56 bits per heavy atom. The summed E-state index contributed by atoms with van der Waals surface area (Å²) in [6.45, 7) is 3.38. The van der Waals surface area contributed by atoms with Crippen molar-refractivity contribution in [2.75, 3.05) is 26.2 Å². The lowest BCUT2D eigenvalue weighted by molar-refractivity contribution is -0.133. The van der Waals surface area contributed by atoms with Crippen molar-refractivity contribution in [2.45, 2.75) is 76.7 Å². The van der Waals surface area contributed by atoms with Crippen LogP contribution in [0.4, 0.5) is 0 Å². The summed E-state index contributed by atoms with van der Waals surface area (Å²) in [5, 5.41) is 6.34. The SMILES string of the molecule is O=C(NCC1CCCN(C(=O)CCCC2CCCC2)C1)C1CCCN1. The summed E-state index contributed by atoms with van der Waals surface area (Å²) in [4.78, 5) is 26.7. The van der Waals surface area contributed by atoms with Gasteiger partial charge >= 0.3 is 0 Å². The minimum Gasteiger partial charge on any atom is -0.354 e. The smallest absolute Gasteiger partial charge is 0.237 e. The lowest BCUT2D eigenvalue weighted by Crippen LogP contribution is -2.46. The van der Waals surface area contributed by atoms with Crippen LogP contribution in [-0.2, 0) is 9.59 Å². The first-order valence-corrected chi connectivity index (χ1v) is 10.5. The molecule has 0 aromatic carbocycles. The van der Waals surface area contributed by atoms with Crippen LogP contribution >= 0.6 is 0 Å². The maximum Gasteiger partial charge on any atom is 0.237 e. The van der Waals surface area contributed by atoms with Gasteiger partial charge in [-0.15, -0.1) is 0 Å². The van der Waals surface area contributed by atoms with E-state index in [1.54, 1.807) is 0 Å². The van der Waals surface area contributed by atoms with Gasteiger partial charge in [0, 0.05) is 26.1 Å². The summed E-state index contributed by atoms with van der Waals surface area (Å²) >= 11 is 0. The van der Waals surface area contributed by atoms with Gasteiger partial charge in [-0.2, -0.15) is 0 Å². The fourth-order valence-electron chi connectivity index (χ4n) is 4.73. The molecular weight excluding hydrogens is 314 g/mol. The summed E-state index contributed by atoms with van der Waals surface area (Å²) in [6, 6.07) is -0.00286. The second kappa shape index (κ2) is 9.56. The van der Waals surface area contributed by atoms with Crippen LogP contribution in [-0.4, -0.2) is 48.9 Å². The molecule has 2 aliphatic heterocycles. The van der Waals surface area contributed by atoms with E-state index in [-0.39, 0.29) is 11.9 Å². The number of likely N-dealkylation sites (tertiary alicyclic amines) is 1. The molecule has 0 bridgehead atoms. The highest BCUT2D eigenvalue weighted by molar-refractivity contribution is 5.82. The van der Waals surface area contributed by atoms with Gasteiger partial charge < -0.3 is 15.5 Å². The van der Waals surface area contributed by atoms with Crippen molar-refractivity contribution in [3.8, 4) is 0 Å². The molecule has 2 saturated heterocycles. The fourth-order valence-corrected chi connectivity index (χ4v) is 4.73. The van der Waals surface area contributed by atoms with Crippen molar-refractivity contribution in [2.24, 2.45) is 11.8 Å². The van der Waals surface area contributed by atoms with E-state index in [4.69, 9.17) is 0 Å². The molecule has 142 valence electrons. The Hall–Kier alpha value is -1.10. The minimum atomic E-state index is -0.00286. The van der Waals surface area contributed by atoms with Crippen LogP contribution in [0.2, 0.25) is 0 Å². The summed E-state index contributed by atoms with van der Waals surface area (Å²) in [5.41, 5.74) is 0.